The van der Waals surface area contributed by atoms with Gasteiger partial charge in [0.2, 0.25) is 0 Å². The first-order chi connectivity index (χ1) is 14.3. The lowest BCUT2D eigenvalue weighted by Crippen LogP contribution is -2.48. The lowest BCUT2D eigenvalue weighted by Gasteiger charge is -2.41. The topological polar surface area (TPSA) is 15.7 Å². The molecule has 4 aliphatic rings. The highest BCUT2D eigenvalue weighted by atomic mass is 16.5. The molecule has 29 heavy (non-hydrogen) atoms. The van der Waals surface area contributed by atoms with E-state index < -0.39 is 0 Å². The minimum atomic E-state index is 0.737. The van der Waals surface area contributed by atoms with Gasteiger partial charge in [-0.05, 0) is 80.2 Å². The van der Waals surface area contributed by atoms with E-state index in [1.807, 2.05) is 0 Å². The van der Waals surface area contributed by atoms with Crippen LogP contribution in [0.25, 0.3) is 0 Å². The molecule has 1 aromatic carbocycles. The summed E-state index contributed by atoms with van der Waals surface area (Å²) in [6.45, 7) is 8.05. The van der Waals surface area contributed by atoms with Crippen molar-refractivity contribution in [1.82, 2.24) is 4.90 Å². The average Bonchev–Trinajstić information content (AvgIpc) is 3.24. The fourth-order valence-electron chi connectivity index (χ4n) is 6.75. The highest BCUT2D eigenvalue weighted by Crippen LogP contribution is 2.53. The largest absolute Gasteiger partial charge is 0.381 e. The summed E-state index contributed by atoms with van der Waals surface area (Å²) in [6, 6.07) is 9.39. The Morgan fingerprint density at radius 1 is 0.828 bits per heavy atom. The molecular formula is C26H40N2O. The molecule has 2 aliphatic carbocycles. The molecule has 160 valence electrons. The van der Waals surface area contributed by atoms with Crippen molar-refractivity contribution in [2.24, 2.45) is 11.3 Å². The Morgan fingerprint density at radius 2 is 1.52 bits per heavy atom. The summed E-state index contributed by atoms with van der Waals surface area (Å²) in [5.41, 5.74) is 3.94. The molecule has 0 amide bonds. The minimum absolute atomic E-state index is 0.737. The van der Waals surface area contributed by atoms with Crippen LogP contribution in [-0.4, -0.2) is 50.8 Å². The van der Waals surface area contributed by atoms with Gasteiger partial charge in [0.1, 0.15) is 0 Å². The zero-order valence-corrected chi connectivity index (χ0v) is 18.3. The molecule has 2 aliphatic heterocycles. The van der Waals surface area contributed by atoms with Crippen LogP contribution in [0.15, 0.2) is 24.3 Å². The Bertz CT molecular complexity index is 644. The van der Waals surface area contributed by atoms with Crippen molar-refractivity contribution in [3.63, 3.8) is 0 Å². The third-order valence-corrected chi connectivity index (χ3v) is 8.66. The SMILES string of the molecule is c1ccc(N2CCN(CC3CCOCC3)CC2)c(C2CCC3(CCCC3)CC2)c1. The number of rotatable bonds is 4. The summed E-state index contributed by atoms with van der Waals surface area (Å²) in [4.78, 5) is 5.40. The summed E-state index contributed by atoms with van der Waals surface area (Å²) in [5, 5.41) is 0. The minimum Gasteiger partial charge on any atom is -0.381 e. The van der Waals surface area contributed by atoms with Gasteiger partial charge in [0, 0.05) is 51.6 Å². The number of para-hydroxylation sites is 1. The first kappa shape index (κ1) is 19.9. The van der Waals surface area contributed by atoms with Crippen molar-refractivity contribution in [2.75, 3.05) is 50.8 Å². The normalized spacial score (nSPS) is 27.0. The lowest BCUT2D eigenvalue weighted by molar-refractivity contribution is 0.0517. The van der Waals surface area contributed by atoms with Crippen molar-refractivity contribution in [3.8, 4) is 0 Å². The Morgan fingerprint density at radius 3 is 2.24 bits per heavy atom. The maximum Gasteiger partial charge on any atom is 0.0469 e. The molecule has 0 bridgehead atoms. The van der Waals surface area contributed by atoms with Crippen molar-refractivity contribution in [1.29, 1.82) is 0 Å². The van der Waals surface area contributed by atoms with E-state index in [4.69, 9.17) is 4.74 Å². The summed E-state index contributed by atoms with van der Waals surface area (Å²) in [7, 11) is 0. The maximum atomic E-state index is 5.54. The van der Waals surface area contributed by atoms with E-state index in [1.165, 1.54) is 96.9 Å². The Hall–Kier alpha value is -1.06. The van der Waals surface area contributed by atoms with Gasteiger partial charge in [-0.2, -0.15) is 0 Å². The lowest BCUT2D eigenvalue weighted by atomic mass is 9.68. The Labute approximate surface area is 177 Å². The number of ether oxygens (including phenoxy) is 1. The summed E-state index contributed by atoms with van der Waals surface area (Å²) in [5.74, 6) is 1.64. The van der Waals surface area contributed by atoms with Crippen LogP contribution >= 0.6 is 0 Å². The van der Waals surface area contributed by atoms with Crippen LogP contribution in [0.1, 0.15) is 75.7 Å². The molecule has 2 saturated heterocycles. The average molecular weight is 397 g/mol. The second-order valence-electron chi connectivity index (χ2n) is 10.4. The molecule has 3 nitrogen and oxygen atoms in total. The number of benzene rings is 1. The molecule has 0 atom stereocenters. The van der Waals surface area contributed by atoms with Crippen molar-refractivity contribution in [3.05, 3.63) is 29.8 Å². The van der Waals surface area contributed by atoms with E-state index in [-0.39, 0.29) is 0 Å². The molecule has 1 spiro atoms. The first-order valence-corrected chi connectivity index (χ1v) is 12.5. The van der Waals surface area contributed by atoms with Crippen molar-refractivity contribution < 1.29 is 4.74 Å². The van der Waals surface area contributed by atoms with E-state index >= 15 is 0 Å². The summed E-state index contributed by atoms with van der Waals surface area (Å²) < 4.78 is 5.54. The number of nitrogens with zero attached hydrogens (tertiary/aromatic N) is 2. The smallest absolute Gasteiger partial charge is 0.0469 e. The molecule has 0 radical (unpaired) electrons. The second kappa shape index (κ2) is 8.98. The van der Waals surface area contributed by atoms with Gasteiger partial charge in [-0.25, -0.2) is 0 Å². The molecule has 0 aromatic heterocycles. The molecule has 1 aromatic rings. The molecule has 0 unspecified atom stereocenters. The fraction of sp³-hybridized carbons (Fsp3) is 0.769. The molecule has 0 N–H and O–H groups in total. The van der Waals surface area contributed by atoms with Crippen LogP contribution in [0.5, 0.6) is 0 Å². The monoisotopic (exact) mass is 396 g/mol. The molecule has 3 heteroatoms. The van der Waals surface area contributed by atoms with Crippen LogP contribution in [0, 0.1) is 11.3 Å². The van der Waals surface area contributed by atoms with Crippen LogP contribution in [0.3, 0.4) is 0 Å². The quantitative estimate of drug-likeness (QED) is 0.673. The van der Waals surface area contributed by atoms with Crippen molar-refractivity contribution in [2.45, 2.75) is 70.1 Å². The third kappa shape index (κ3) is 4.51. The summed E-state index contributed by atoms with van der Waals surface area (Å²) in [6.07, 6.45) is 14.3. The van der Waals surface area contributed by atoms with Gasteiger partial charge in [0.05, 0.1) is 0 Å². The molecular weight excluding hydrogens is 356 g/mol. The van der Waals surface area contributed by atoms with E-state index in [0.29, 0.717) is 0 Å². The fourth-order valence-corrected chi connectivity index (χ4v) is 6.75. The van der Waals surface area contributed by atoms with Gasteiger partial charge >= 0.3 is 0 Å². The van der Waals surface area contributed by atoms with Gasteiger partial charge in [-0.3, -0.25) is 4.90 Å². The van der Waals surface area contributed by atoms with Crippen LogP contribution in [0.2, 0.25) is 0 Å². The molecule has 2 heterocycles. The number of anilines is 1. The standard InChI is InChI=1S/C26H40N2O/c1-2-6-25(24(5-1)23-7-13-26(14-8-23)11-3-4-12-26)28-17-15-27(16-18-28)21-22-9-19-29-20-10-22/h1-2,5-6,22-23H,3-4,7-21H2. The number of piperazine rings is 1. The van der Waals surface area contributed by atoms with E-state index in [1.54, 1.807) is 11.3 Å². The van der Waals surface area contributed by atoms with Crippen LogP contribution < -0.4 is 4.90 Å². The Balaban J connectivity index is 1.19. The van der Waals surface area contributed by atoms with Gasteiger partial charge < -0.3 is 9.64 Å². The highest BCUT2D eigenvalue weighted by molar-refractivity contribution is 5.55. The van der Waals surface area contributed by atoms with Gasteiger partial charge in [-0.15, -0.1) is 0 Å². The number of hydrogen-bond donors (Lipinski definition) is 0. The maximum absolute atomic E-state index is 5.54. The van der Waals surface area contributed by atoms with E-state index in [0.717, 1.165) is 30.5 Å². The molecule has 2 saturated carbocycles. The predicted molar refractivity (Wildman–Crippen MR) is 121 cm³/mol. The van der Waals surface area contributed by atoms with Gasteiger partial charge in [-0.1, -0.05) is 31.0 Å². The van der Waals surface area contributed by atoms with Gasteiger partial charge in [0.25, 0.3) is 0 Å². The first-order valence-electron chi connectivity index (χ1n) is 12.5. The number of hydrogen-bond acceptors (Lipinski definition) is 3. The van der Waals surface area contributed by atoms with Gasteiger partial charge in [0.15, 0.2) is 0 Å². The van der Waals surface area contributed by atoms with Crippen LogP contribution in [0.4, 0.5) is 5.69 Å². The Kier molecular flexibility index (Phi) is 6.15. The third-order valence-electron chi connectivity index (χ3n) is 8.66. The summed E-state index contributed by atoms with van der Waals surface area (Å²) >= 11 is 0. The predicted octanol–water partition coefficient (Wildman–Crippen LogP) is 5.45. The highest BCUT2D eigenvalue weighted by Gasteiger charge is 2.38. The van der Waals surface area contributed by atoms with Crippen LogP contribution in [-0.2, 0) is 4.74 Å². The van der Waals surface area contributed by atoms with Crippen molar-refractivity contribution >= 4 is 5.69 Å². The molecule has 5 rings (SSSR count). The zero-order chi connectivity index (χ0) is 19.5. The van der Waals surface area contributed by atoms with E-state index in [9.17, 15) is 0 Å². The molecule has 4 fully saturated rings. The zero-order valence-electron chi connectivity index (χ0n) is 18.3. The van der Waals surface area contributed by atoms with E-state index in [2.05, 4.69) is 34.1 Å². The second-order valence-corrected chi connectivity index (χ2v) is 10.4.